The van der Waals surface area contributed by atoms with Gasteiger partial charge in [-0.15, -0.1) is 0 Å². The first-order valence-electron chi connectivity index (χ1n) is 16.7. The molecule has 0 radical (unpaired) electrons. The maximum absolute atomic E-state index is 15.2. The van der Waals surface area contributed by atoms with Crippen molar-refractivity contribution in [1.29, 1.82) is 5.26 Å². The second-order valence-electron chi connectivity index (χ2n) is 12.4. The van der Waals surface area contributed by atoms with E-state index in [0.717, 1.165) is 0 Å². The van der Waals surface area contributed by atoms with E-state index < -0.39 is 33.6 Å². The molecule has 4 heterocycles. The van der Waals surface area contributed by atoms with E-state index in [4.69, 9.17) is 14.2 Å². The van der Waals surface area contributed by atoms with E-state index >= 15 is 4.79 Å². The number of urea groups is 1. The Labute approximate surface area is 301 Å². The van der Waals surface area contributed by atoms with Crippen molar-refractivity contribution in [3.63, 3.8) is 0 Å². The molecule has 1 aromatic heterocycles. The molecule has 0 spiro atoms. The Bertz CT molecular complexity index is 2020. The summed E-state index contributed by atoms with van der Waals surface area (Å²) in [4.78, 5) is 50.1. The predicted molar refractivity (Wildman–Crippen MR) is 186 cm³/mol. The first-order chi connectivity index (χ1) is 25.0. The van der Waals surface area contributed by atoms with Gasteiger partial charge in [-0.3, -0.25) is 9.69 Å². The Morgan fingerprint density at radius 2 is 1.73 bits per heavy atom. The molecule has 274 valence electrons. The minimum atomic E-state index is -4.73. The van der Waals surface area contributed by atoms with Crippen molar-refractivity contribution in [2.45, 2.75) is 36.2 Å². The van der Waals surface area contributed by atoms with Gasteiger partial charge in [-0.05, 0) is 62.2 Å². The lowest BCUT2D eigenvalue weighted by Gasteiger charge is -2.42. The molecule has 2 aromatic carbocycles. The van der Waals surface area contributed by atoms with Crippen molar-refractivity contribution >= 4 is 33.7 Å². The van der Waals surface area contributed by atoms with Gasteiger partial charge in [0.25, 0.3) is 15.9 Å². The number of sulfonamides is 1. The van der Waals surface area contributed by atoms with E-state index in [0.29, 0.717) is 62.2 Å². The van der Waals surface area contributed by atoms with Crippen LogP contribution in [0.1, 0.15) is 36.5 Å². The van der Waals surface area contributed by atoms with Crippen molar-refractivity contribution in [1.82, 2.24) is 25.0 Å². The molecule has 52 heavy (non-hydrogen) atoms. The number of piperazine rings is 1. The number of nitrogens with zero attached hydrogens (tertiary/aromatic N) is 6. The number of likely N-dealkylation sites (tertiary alicyclic amines) is 1. The minimum absolute atomic E-state index is 0.00699. The summed E-state index contributed by atoms with van der Waals surface area (Å²) in [5.41, 5.74) is -2.03. The summed E-state index contributed by atoms with van der Waals surface area (Å²) in [6.45, 7) is 4.49. The second-order valence-corrected chi connectivity index (χ2v) is 14.2. The fourth-order valence-electron chi connectivity index (χ4n) is 7.11. The van der Waals surface area contributed by atoms with E-state index in [9.17, 15) is 28.4 Å². The fourth-order valence-corrected chi connectivity index (χ4v) is 8.72. The molecule has 0 bridgehead atoms. The molecule has 2 N–H and O–H groups in total. The molecule has 3 aromatic rings. The lowest BCUT2D eigenvalue weighted by atomic mass is 9.83. The highest BCUT2D eigenvalue weighted by atomic mass is 32.2. The van der Waals surface area contributed by atoms with Crippen LogP contribution in [-0.2, 0) is 20.4 Å². The zero-order valence-corrected chi connectivity index (χ0v) is 29.8. The minimum Gasteiger partial charge on any atom is -0.497 e. The maximum Gasteiger partial charge on any atom is 0.407 e. The van der Waals surface area contributed by atoms with Gasteiger partial charge in [-0.2, -0.15) is 9.57 Å². The first kappa shape index (κ1) is 36.2. The molecule has 0 saturated carbocycles. The van der Waals surface area contributed by atoms with Crippen LogP contribution in [0.15, 0.2) is 59.6 Å². The molecular formula is C35H39N7O9S. The lowest BCUT2D eigenvalue weighted by Crippen LogP contribution is -2.60. The van der Waals surface area contributed by atoms with Crippen LogP contribution in [0, 0.1) is 11.3 Å². The topological polar surface area (TPSA) is 195 Å². The number of hydrogen-bond acceptors (Lipinski definition) is 11. The van der Waals surface area contributed by atoms with Gasteiger partial charge in [-0.1, -0.05) is 0 Å². The average molecular weight is 734 g/mol. The number of nitrogens with one attached hydrogen (secondary N) is 1. The molecule has 3 aliphatic rings. The Hall–Kier alpha value is -5.60. The molecule has 16 nitrogen and oxygen atoms in total. The van der Waals surface area contributed by atoms with Crippen molar-refractivity contribution in [3.8, 4) is 23.4 Å². The summed E-state index contributed by atoms with van der Waals surface area (Å²) in [5.74, 6) is -0.795. The maximum atomic E-state index is 15.2. The zero-order valence-electron chi connectivity index (χ0n) is 28.9. The number of carbonyl (C=O) groups is 3. The second kappa shape index (κ2) is 14.6. The number of aromatic nitrogens is 1. The van der Waals surface area contributed by atoms with E-state index in [1.807, 2.05) is 0 Å². The molecule has 1 unspecified atom stereocenters. The van der Waals surface area contributed by atoms with Crippen molar-refractivity contribution < 1.29 is 42.1 Å². The van der Waals surface area contributed by atoms with Gasteiger partial charge in [0.2, 0.25) is 5.88 Å². The van der Waals surface area contributed by atoms with Crippen LogP contribution >= 0.6 is 0 Å². The van der Waals surface area contributed by atoms with Gasteiger partial charge in [0, 0.05) is 63.1 Å². The first-order valence-corrected chi connectivity index (χ1v) is 18.2. The number of amides is 4. The third kappa shape index (κ3) is 6.28. The van der Waals surface area contributed by atoms with Crippen LogP contribution in [0.25, 0.3) is 0 Å². The summed E-state index contributed by atoms with van der Waals surface area (Å²) in [5, 5.41) is 22.2. The van der Waals surface area contributed by atoms with Crippen LogP contribution in [0.3, 0.4) is 0 Å². The van der Waals surface area contributed by atoms with Crippen molar-refractivity contribution in [3.05, 3.63) is 71.4 Å². The van der Waals surface area contributed by atoms with E-state index in [1.54, 1.807) is 17.9 Å². The number of nitriles is 1. The van der Waals surface area contributed by atoms with Gasteiger partial charge in [0.1, 0.15) is 16.4 Å². The molecule has 1 atom stereocenters. The largest absolute Gasteiger partial charge is 0.497 e. The summed E-state index contributed by atoms with van der Waals surface area (Å²) in [7, 11) is -2.02. The fraction of sp³-hybridized carbons (Fsp3) is 0.400. The normalized spacial score (nSPS) is 19.5. The van der Waals surface area contributed by atoms with Crippen LogP contribution < -0.4 is 23.8 Å². The number of fused-ring (bicyclic) bond motifs is 1. The molecule has 6 rings (SSSR count). The summed E-state index contributed by atoms with van der Waals surface area (Å²) in [6, 6.07) is 12.8. The number of rotatable bonds is 9. The SMILES string of the molecule is CCOc1ncccc1C1(NC(=O)N2CCC(N3CCN(C(=O)O)CC3)CC2)C(=O)N(S(=O)(=O)c2ccc(OC)cc2OC)c2ccc(C#N)cc21. The van der Waals surface area contributed by atoms with E-state index in [1.165, 1.54) is 67.8 Å². The van der Waals surface area contributed by atoms with Crippen LogP contribution in [0.2, 0.25) is 0 Å². The molecule has 4 amide bonds. The van der Waals surface area contributed by atoms with Gasteiger partial charge in [-0.25, -0.2) is 23.0 Å². The van der Waals surface area contributed by atoms with Gasteiger partial charge in [0.05, 0.1) is 43.7 Å². The third-order valence-corrected chi connectivity index (χ3v) is 11.5. The van der Waals surface area contributed by atoms with Crippen LogP contribution in [-0.4, -0.2) is 117 Å². The number of ether oxygens (including phenoxy) is 3. The number of methoxy groups -OCH3 is 2. The monoisotopic (exact) mass is 733 g/mol. The van der Waals surface area contributed by atoms with Gasteiger partial charge in [0.15, 0.2) is 5.54 Å². The smallest absolute Gasteiger partial charge is 0.407 e. The number of carboxylic acid groups (broad SMARTS) is 1. The zero-order chi connectivity index (χ0) is 37.2. The molecule has 3 aliphatic heterocycles. The number of piperidine rings is 1. The molecular weight excluding hydrogens is 694 g/mol. The van der Waals surface area contributed by atoms with Crippen molar-refractivity contribution in [2.75, 3.05) is 64.4 Å². The molecule has 17 heteroatoms. The Morgan fingerprint density at radius 3 is 2.37 bits per heavy atom. The van der Waals surface area contributed by atoms with Crippen LogP contribution in [0.5, 0.6) is 17.4 Å². The highest BCUT2D eigenvalue weighted by molar-refractivity contribution is 7.93. The molecule has 2 saturated heterocycles. The molecule has 2 fully saturated rings. The summed E-state index contributed by atoms with van der Waals surface area (Å²) < 4.78 is 46.4. The van der Waals surface area contributed by atoms with Crippen molar-refractivity contribution in [2.24, 2.45) is 0 Å². The van der Waals surface area contributed by atoms with Gasteiger partial charge < -0.3 is 34.4 Å². The Kier molecular flexibility index (Phi) is 10.1. The number of hydrogen-bond donors (Lipinski definition) is 2. The van der Waals surface area contributed by atoms with Crippen LogP contribution in [0.4, 0.5) is 15.3 Å². The lowest BCUT2D eigenvalue weighted by molar-refractivity contribution is -0.121. The number of benzene rings is 2. The number of anilines is 1. The number of pyridine rings is 1. The number of carbonyl (C=O) groups excluding carboxylic acids is 2. The highest BCUT2D eigenvalue weighted by Crippen LogP contribution is 2.50. The third-order valence-electron chi connectivity index (χ3n) is 9.75. The highest BCUT2D eigenvalue weighted by Gasteiger charge is 2.59. The quantitative estimate of drug-likeness (QED) is 0.327. The van der Waals surface area contributed by atoms with E-state index in [-0.39, 0.29) is 51.6 Å². The van der Waals surface area contributed by atoms with Gasteiger partial charge >= 0.3 is 12.1 Å². The standard InChI is InChI=1S/C35H39N7O9S/c1-4-51-31-26(6-5-13-37-31)35(38-33(44)40-14-11-24(12-15-40)39-16-18-41(19-17-39)34(45)46)27-20-23(22-36)7-9-28(27)42(32(35)43)52(47,48)30-10-8-25(49-2)21-29(30)50-3/h5-10,13,20-21,24H,4,11-12,14-19H2,1-3H3,(H,38,44)(H,45,46). The average Bonchev–Trinajstić information content (AvgIpc) is 3.42. The Morgan fingerprint density at radius 1 is 1.00 bits per heavy atom. The Balaban J connectivity index is 1.41. The predicted octanol–water partition coefficient (Wildman–Crippen LogP) is 2.82. The summed E-state index contributed by atoms with van der Waals surface area (Å²) in [6.07, 6.45) is 1.71. The summed E-state index contributed by atoms with van der Waals surface area (Å²) >= 11 is 0. The van der Waals surface area contributed by atoms with E-state index in [2.05, 4.69) is 21.3 Å². The molecule has 0 aliphatic carbocycles.